The Morgan fingerprint density at radius 1 is 1.47 bits per heavy atom. The lowest BCUT2D eigenvalue weighted by Gasteiger charge is -2.15. The third kappa shape index (κ3) is 3.71. The van der Waals surface area contributed by atoms with E-state index in [0.29, 0.717) is 12.3 Å². The molecule has 0 aromatic heterocycles. The third-order valence-electron chi connectivity index (χ3n) is 2.60. The molecular formula is C14H20N2O. The van der Waals surface area contributed by atoms with E-state index in [1.807, 2.05) is 24.3 Å². The molecule has 1 amide bonds. The molecule has 0 saturated carbocycles. The van der Waals surface area contributed by atoms with Crippen LogP contribution < -0.4 is 11.1 Å². The number of anilines is 1. The van der Waals surface area contributed by atoms with Crippen molar-refractivity contribution in [1.29, 1.82) is 0 Å². The summed E-state index contributed by atoms with van der Waals surface area (Å²) in [4.78, 5) is 11.8. The second-order valence-electron chi connectivity index (χ2n) is 4.36. The summed E-state index contributed by atoms with van der Waals surface area (Å²) in [6, 6.07) is 7.25. The van der Waals surface area contributed by atoms with Crippen LogP contribution in [0.4, 0.5) is 5.69 Å². The molecule has 3 heteroatoms. The van der Waals surface area contributed by atoms with E-state index >= 15 is 0 Å². The van der Waals surface area contributed by atoms with Crippen LogP contribution in [0.1, 0.15) is 31.7 Å². The Hall–Kier alpha value is -1.61. The summed E-state index contributed by atoms with van der Waals surface area (Å²) in [6.45, 7) is 7.76. The maximum absolute atomic E-state index is 11.8. The first-order chi connectivity index (χ1) is 8.06. The van der Waals surface area contributed by atoms with E-state index in [2.05, 4.69) is 25.7 Å². The van der Waals surface area contributed by atoms with Gasteiger partial charge in [-0.05, 0) is 24.0 Å². The van der Waals surface area contributed by atoms with Crippen LogP contribution in [-0.2, 0) is 4.79 Å². The molecule has 1 aromatic carbocycles. The van der Waals surface area contributed by atoms with Gasteiger partial charge in [0.25, 0.3) is 0 Å². The topological polar surface area (TPSA) is 55.1 Å². The fourth-order valence-electron chi connectivity index (χ4n) is 1.63. The standard InChI is InChI=1S/C14H20N2O/c1-4-7-12(15)14(17)16-13-9-6-5-8-11(13)10(2)3/h4-6,8-10,12H,1,7,15H2,2-3H3,(H,16,17). The Kier molecular flexibility index (Phi) is 4.91. The molecule has 0 spiro atoms. The molecule has 17 heavy (non-hydrogen) atoms. The average molecular weight is 232 g/mol. The molecule has 0 saturated heterocycles. The minimum Gasteiger partial charge on any atom is -0.324 e. The summed E-state index contributed by atoms with van der Waals surface area (Å²) in [6.07, 6.45) is 2.13. The van der Waals surface area contributed by atoms with Crippen molar-refractivity contribution in [3.05, 3.63) is 42.5 Å². The normalized spacial score (nSPS) is 12.2. The van der Waals surface area contributed by atoms with Crippen molar-refractivity contribution in [2.24, 2.45) is 5.73 Å². The first kappa shape index (κ1) is 13.5. The predicted molar refractivity (Wildman–Crippen MR) is 72.0 cm³/mol. The van der Waals surface area contributed by atoms with Gasteiger partial charge in [-0.3, -0.25) is 4.79 Å². The summed E-state index contributed by atoms with van der Waals surface area (Å²) >= 11 is 0. The Bertz CT molecular complexity index is 399. The second-order valence-corrected chi connectivity index (χ2v) is 4.36. The highest BCUT2D eigenvalue weighted by molar-refractivity contribution is 5.95. The molecule has 1 aromatic rings. The fraction of sp³-hybridized carbons (Fsp3) is 0.357. The number of para-hydroxylation sites is 1. The van der Waals surface area contributed by atoms with Crippen LogP contribution in [0.5, 0.6) is 0 Å². The second kappa shape index (κ2) is 6.21. The molecule has 1 rings (SSSR count). The maximum atomic E-state index is 11.8. The van der Waals surface area contributed by atoms with Crippen molar-refractivity contribution < 1.29 is 4.79 Å². The Labute approximate surface area is 103 Å². The van der Waals surface area contributed by atoms with Crippen LogP contribution in [-0.4, -0.2) is 11.9 Å². The zero-order valence-corrected chi connectivity index (χ0v) is 10.4. The summed E-state index contributed by atoms with van der Waals surface area (Å²) in [7, 11) is 0. The van der Waals surface area contributed by atoms with E-state index in [4.69, 9.17) is 5.73 Å². The molecule has 92 valence electrons. The first-order valence-electron chi connectivity index (χ1n) is 5.82. The molecule has 3 N–H and O–H groups in total. The molecule has 0 aliphatic heterocycles. The molecule has 1 atom stereocenters. The molecule has 3 nitrogen and oxygen atoms in total. The number of carbonyl (C=O) groups is 1. The molecule has 1 unspecified atom stereocenters. The number of rotatable bonds is 5. The van der Waals surface area contributed by atoms with Crippen molar-refractivity contribution in [2.75, 3.05) is 5.32 Å². The highest BCUT2D eigenvalue weighted by Gasteiger charge is 2.14. The lowest BCUT2D eigenvalue weighted by atomic mass is 10.0. The first-order valence-corrected chi connectivity index (χ1v) is 5.82. The lowest BCUT2D eigenvalue weighted by Crippen LogP contribution is -2.35. The highest BCUT2D eigenvalue weighted by atomic mass is 16.2. The number of carbonyl (C=O) groups excluding carboxylic acids is 1. The number of hydrogen-bond donors (Lipinski definition) is 2. The van der Waals surface area contributed by atoms with Crippen LogP contribution in [0.3, 0.4) is 0 Å². The van der Waals surface area contributed by atoms with Gasteiger partial charge in [0, 0.05) is 5.69 Å². The fourth-order valence-corrected chi connectivity index (χ4v) is 1.63. The quantitative estimate of drug-likeness (QED) is 0.767. The minimum atomic E-state index is -0.535. The molecule has 0 fully saturated rings. The van der Waals surface area contributed by atoms with Gasteiger partial charge < -0.3 is 11.1 Å². The van der Waals surface area contributed by atoms with Gasteiger partial charge in [-0.2, -0.15) is 0 Å². The number of hydrogen-bond acceptors (Lipinski definition) is 2. The molecule has 0 radical (unpaired) electrons. The van der Waals surface area contributed by atoms with Crippen LogP contribution in [0.15, 0.2) is 36.9 Å². The molecule has 0 aliphatic rings. The molecule has 0 aliphatic carbocycles. The molecular weight excluding hydrogens is 212 g/mol. The van der Waals surface area contributed by atoms with Gasteiger partial charge >= 0.3 is 0 Å². The Morgan fingerprint density at radius 2 is 2.12 bits per heavy atom. The van der Waals surface area contributed by atoms with Gasteiger partial charge in [0.05, 0.1) is 6.04 Å². The Morgan fingerprint density at radius 3 is 2.71 bits per heavy atom. The van der Waals surface area contributed by atoms with Gasteiger partial charge in [-0.25, -0.2) is 0 Å². The monoisotopic (exact) mass is 232 g/mol. The average Bonchev–Trinajstić information content (AvgIpc) is 2.29. The van der Waals surface area contributed by atoms with Crippen molar-refractivity contribution in [1.82, 2.24) is 0 Å². The van der Waals surface area contributed by atoms with Gasteiger partial charge in [-0.1, -0.05) is 38.1 Å². The van der Waals surface area contributed by atoms with E-state index in [-0.39, 0.29) is 5.91 Å². The van der Waals surface area contributed by atoms with Gasteiger partial charge in [0.2, 0.25) is 5.91 Å². The van der Waals surface area contributed by atoms with Crippen molar-refractivity contribution >= 4 is 11.6 Å². The molecule has 0 heterocycles. The third-order valence-corrected chi connectivity index (χ3v) is 2.60. The van der Waals surface area contributed by atoms with Gasteiger partial charge in [0.1, 0.15) is 0 Å². The van der Waals surface area contributed by atoms with Crippen LogP contribution in [0.25, 0.3) is 0 Å². The highest BCUT2D eigenvalue weighted by Crippen LogP contribution is 2.23. The number of amides is 1. The minimum absolute atomic E-state index is 0.169. The largest absolute Gasteiger partial charge is 0.324 e. The van der Waals surface area contributed by atoms with E-state index in [1.54, 1.807) is 6.08 Å². The van der Waals surface area contributed by atoms with Crippen molar-refractivity contribution in [3.63, 3.8) is 0 Å². The summed E-state index contributed by atoms with van der Waals surface area (Å²) < 4.78 is 0. The van der Waals surface area contributed by atoms with Crippen LogP contribution >= 0.6 is 0 Å². The van der Waals surface area contributed by atoms with E-state index < -0.39 is 6.04 Å². The summed E-state index contributed by atoms with van der Waals surface area (Å²) in [5.41, 5.74) is 7.68. The smallest absolute Gasteiger partial charge is 0.241 e. The van der Waals surface area contributed by atoms with Crippen molar-refractivity contribution in [3.8, 4) is 0 Å². The summed E-state index contributed by atoms with van der Waals surface area (Å²) in [5, 5.41) is 2.86. The van der Waals surface area contributed by atoms with E-state index in [1.165, 1.54) is 0 Å². The SMILES string of the molecule is C=CCC(N)C(=O)Nc1ccccc1C(C)C. The predicted octanol–water partition coefficient (Wildman–Crippen LogP) is 2.65. The van der Waals surface area contributed by atoms with E-state index in [0.717, 1.165) is 11.3 Å². The zero-order chi connectivity index (χ0) is 12.8. The van der Waals surface area contributed by atoms with Crippen LogP contribution in [0.2, 0.25) is 0 Å². The maximum Gasteiger partial charge on any atom is 0.241 e. The van der Waals surface area contributed by atoms with Gasteiger partial charge in [-0.15, -0.1) is 6.58 Å². The number of benzene rings is 1. The zero-order valence-electron chi connectivity index (χ0n) is 10.4. The molecule has 0 bridgehead atoms. The number of nitrogens with one attached hydrogen (secondary N) is 1. The van der Waals surface area contributed by atoms with Crippen molar-refractivity contribution in [2.45, 2.75) is 32.2 Å². The Balaban J connectivity index is 2.81. The lowest BCUT2D eigenvalue weighted by molar-refractivity contribution is -0.117. The summed E-state index contributed by atoms with van der Waals surface area (Å²) in [5.74, 6) is 0.195. The number of nitrogens with two attached hydrogens (primary N) is 1. The van der Waals surface area contributed by atoms with Gasteiger partial charge in [0.15, 0.2) is 0 Å². The van der Waals surface area contributed by atoms with Crippen LogP contribution in [0, 0.1) is 0 Å². The van der Waals surface area contributed by atoms with E-state index in [9.17, 15) is 4.79 Å².